The summed E-state index contributed by atoms with van der Waals surface area (Å²) in [4.78, 5) is 15.2. The van der Waals surface area contributed by atoms with Crippen molar-refractivity contribution in [3.8, 4) is 0 Å². The molecule has 0 aromatic carbocycles. The summed E-state index contributed by atoms with van der Waals surface area (Å²) in [5, 5.41) is 0. The van der Waals surface area contributed by atoms with Gasteiger partial charge in [0.05, 0.1) is 4.88 Å². The topological polar surface area (TPSA) is 46.3 Å². The van der Waals surface area contributed by atoms with E-state index in [2.05, 4.69) is 0 Å². The highest BCUT2D eigenvalue weighted by atomic mass is 32.1. The Labute approximate surface area is 82.2 Å². The third-order valence-electron chi connectivity index (χ3n) is 1.76. The molecule has 1 rings (SSSR count). The maximum absolute atomic E-state index is 11.6. The van der Waals surface area contributed by atoms with Crippen molar-refractivity contribution >= 4 is 17.2 Å². The van der Waals surface area contributed by atoms with Gasteiger partial charge in [-0.15, -0.1) is 11.3 Å². The fourth-order valence-corrected chi connectivity index (χ4v) is 1.89. The first-order valence-electron chi connectivity index (χ1n) is 4.17. The van der Waals surface area contributed by atoms with E-state index >= 15 is 0 Å². The molecule has 0 spiro atoms. The molecule has 13 heavy (non-hydrogen) atoms. The molecule has 1 aromatic heterocycles. The van der Waals surface area contributed by atoms with Gasteiger partial charge in [0.25, 0.3) is 5.91 Å². The van der Waals surface area contributed by atoms with E-state index in [1.165, 1.54) is 11.3 Å². The summed E-state index contributed by atoms with van der Waals surface area (Å²) in [6.07, 6.45) is 0. The van der Waals surface area contributed by atoms with Gasteiger partial charge in [-0.1, -0.05) is 0 Å². The zero-order chi connectivity index (χ0) is 9.84. The molecule has 0 atom stereocenters. The van der Waals surface area contributed by atoms with Crippen LogP contribution >= 0.6 is 11.3 Å². The molecule has 0 bridgehead atoms. The normalized spacial score (nSPS) is 10.1. The van der Waals surface area contributed by atoms with Crippen LogP contribution in [0.3, 0.4) is 0 Å². The summed E-state index contributed by atoms with van der Waals surface area (Å²) in [7, 11) is 1.77. The molecule has 4 heteroatoms. The minimum Gasteiger partial charge on any atom is -0.340 e. The SMILES string of the molecule is Cc1ccc(C(=O)N(C)CCN)s1. The number of hydrogen-bond donors (Lipinski definition) is 1. The number of nitrogens with two attached hydrogens (primary N) is 1. The van der Waals surface area contributed by atoms with Gasteiger partial charge in [0.1, 0.15) is 0 Å². The highest BCUT2D eigenvalue weighted by molar-refractivity contribution is 7.13. The van der Waals surface area contributed by atoms with Gasteiger partial charge in [0.2, 0.25) is 0 Å². The molecule has 1 amide bonds. The smallest absolute Gasteiger partial charge is 0.263 e. The molecular formula is C9H14N2OS. The summed E-state index contributed by atoms with van der Waals surface area (Å²) in [6, 6.07) is 3.81. The number of rotatable bonds is 3. The molecule has 0 aliphatic heterocycles. The molecule has 1 heterocycles. The number of carbonyl (C=O) groups is 1. The quantitative estimate of drug-likeness (QED) is 0.790. The molecule has 0 aliphatic carbocycles. The van der Waals surface area contributed by atoms with Crippen molar-refractivity contribution in [1.29, 1.82) is 0 Å². The number of hydrogen-bond acceptors (Lipinski definition) is 3. The summed E-state index contributed by atoms with van der Waals surface area (Å²) in [5.41, 5.74) is 5.36. The number of amides is 1. The third kappa shape index (κ3) is 2.54. The lowest BCUT2D eigenvalue weighted by Crippen LogP contribution is -2.31. The summed E-state index contributed by atoms with van der Waals surface area (Å²) in [5.74, 6) is 0.0588. The average molecular weight is 198 g/mol. The van der Waals surface area contributed by atoms with Gasteiger partial charge in [0, 0.05) is 25.0 Å². The van der Waals surface area contributed by atoms with Crippen LogP contribution in [0.25, 0.3) is 0 Å². The lowest BCUT2D eigenvalue weighted by atomic mass is 10.4. The Morgan fingerprint density at radius 3 is 2.77 bits per heavy atom. The fraction of sp³-hybridized carbons (Fsp3) is 0.444. The van der Waals surface area contributed by atoms with E-state index in [1.807, 2.05) is 19.1 Å². The number of carbonyl (C=O) groups excluding carboxylic acids is 1. The molecule has 0 fully saturated rings. The maximum Gasteiger partial charge on any atom is 0.263 e. The number of nitrogens with zero attached hydrogens (tertiary/aromatic N) is 1. The lowest BCUT2D eigenvalue weighted by Gasteiger charge is -2.14. The fourth-order valence-electron chi connectivity index (χ4n) is 1.03. The largest absolute Gasteiger partial charge is 0.340 e. The average Bonchev–Trinajstić information content (AvgIpc) is 2.51. The summed E-state index contributed by atoms with van der Waals surface area (Å²) >= 11 is 1.52. The molecule has 3 nitrogen and oxygen atoms in total. The first-order valence-corrected chi connectivity index (χ1v) is 4.98. The predicted molar refractivity (Wildman–Crippen MR) is 55.1 cm³/mol. The number of likely N-dealkylation sites (N-methyl/N-ethyl adjacent to an activating group) is 1. The van der Waals surface area contributed by atoms with Crippen LogP contribution in [-0.4, -0.2) is 30.9 Å². The highest BCUT2D eigenvalue weighted by Gasteiger charge is 2.11. The van der Waals surface area contributed by atoms with Crippen molar-refractivity contribution in [2.75, 3.05) is 20.1 Å². The Hall–Kier alpha value is -0.870. The Morgan fingerprint density at radius 1 is 1.62 bits per heavy atom. The van der Waals surface area contributed by atoms with E-state index in [0.29, 0.717) is 13.1 Å². The van der Waals surface area contributed by atoms with E-state index in [-0.39, 0.29) is 5.91 Å². The molecule has 0 unspecified atom stereocenters. The van der Waals surface area contributed by atoms with Gasteiger partial charge in [-0.2, -0.15) is 0 Å². The minimum atomic E-state index is 0.0588. The number of thiophene rings is 1. The predicted octanol–water partition coefficient (Wildman–Crippen LogP) is 1.09. The van der Waals surface area contributed by atoms with E-state index < -0.39 is 0 Å². The molecule has 0 saturated heterocycles. The molecule has 72 valence electrons. The Morgan fingerprint density at radius 2 is 2.31 bits per heavy atom. The second-order valence-electron chi connectivity index (χ2n) is 2.93. The molecule has 1 aromatic rings. The molecule has 0 aliphatic rings. The van der Waals surface area contributed by atoms with Gasteiger partial charge in [-0.05, 0) is 19.1 Å². The standard InChI is InChI=1S/C9H14N2OS/c1-7-3-4-8(13-7)9(12)11(2)6-5-10/h3-4H,5-6,10H2,1-2H3. The number of aryl methyl sites for hydroxylation is 1. The van der Waals surface area contributed by atoms with Crippen LogP contribution in [0, 0.1) is 6.92 Å². The van der Waals surface area contributed by atoms with Gasteiger partial charge in [-0.3, -0.25) is 4.79 Å². The van der Waals surface area contributed by atoms with Crippen molar-refractivity contribution in [2.24, 2.45) is 5.73 Å². The van der Waals surface area contributed by atoms with Crippen LogP contribution in [0.1, 0.15) is 14.5 Å². The molecular weight excluding hydrogens is 184 g/mol. The molecule has 0 saturated carbocycles. The van der Waals surface area contributed by atoms with E-state index in [0.717, 1.165) is 9.75 Å². The Kier molecular flexibility index (Phi) is 3.45. The molecule has 0 radical (unpaired) electrons. The highest BCUT2D eigenvalue weighted by Crippen LogP contribution is 2.16. The van der Waals surface area contributed by atoms with E-state index in [1.54, 1.807) is 11.9 Å². The second-order valence-corrected chi connectivity index (χ2v) is 4.21. The maximum atomic E-state index is 11.6. The van der Waals surface area contributed by atoms with Crippen molar-refractivity contribution in [1.82, 2.24) is 4.90 Å². The lowest BCUT2D eigenvalue weighted by molar-refractivity contribution is 0.0804. The van der Waals surface area contributed by atoms with Crippen LogP contribution < -0.4 is 5.73 Å². The monoisotopic (exact) mass is 198 g/mol. The Bertz CT molecular complexity index is 296. The summed E-state index contributed by atoms with van der Waals surface area (Å²) in [6.45, 7) is 3.10. The van der Waals surface area contributed by atoms with Gasteiger partial charge in [-0.25, -0.2) is 0 Å². The van der Waals surface area contributed by atoms with Crippen molar-refractivity contribution < 1.29 is 4.79 Å². The third-order valence-corrected chi connectivity index (χ3v) is 2.75. The van der Waals surface area contributed by atoms with E-state index in [4.69, 9.17) is 5.73 Å². The van der Waals surface area contributed by atoms with Crippen molar-refractivity contribution in [2.45, 2.75) is 6.92 Å². The minimum absolute atomic E-state index is 0.0588. The van der Waals surface area contributed by atoms with Crippen LogP contribution in [0.15, 0.2) is 12.1 Å². The Balaban J connectivity index is 2.67. The van der Waals surface area contributed by atoms with Crippen LogP contribution in [0.5, 0.6) is 0 Å². The van der Waals surface area contributed by atoms with Crippen molar-refractivity contribution in [3.05, 3.63) is 21.9 Å². The van der Waals surface area contributed by atoms with Crippen molar-refractivity contribution in [3.63, 3.8) is 0 Å². The van der Waals surface area contributed by atoms with Crippen LogP contribution in [0.2, 0.25) is 0 Å². The zero-order valence-electron chi connectivity index (χ0n) is 7.91. The van der Waals surface area contributed by atoms with Gasteiger partial charge >= 0.3 is 0 Å². The summed E-state index contributed by atoms with van der Waals surface area (Å²) < 4.78 is 0. The zero-order valence-corrected chi connectivity index (χ0v) is 8.73. The second kappa shape index (κ2) is 4.39. The molecule has 2 N–H and O–H groups in total. The van der Waals surface area contributed by atoms with Gasteiger partial charge in [0.15, 0.2) is 0 Å². The van der Waals surface area contributed by atoms with E-state index in [9.17, 15) is 4.79 Å². The van der Waals surface area contributed by atoms with Gasteiger partial charge < -0.3 is 10.6 Å². The van der Waals surface area contributed by atoms with Crippen LogP contribution in [0.4, 0.5) is 0 Å². The first-order chi connectivity index (χ1) is 6.15. The van der Waals surface area contributed by atoms with Crippen LogP contribution in [-0.2, 0) is 0 Å². The first kappa shape index (κ1) is 10.2.